The van der Waals surface area contributed by atoms with E-state index >= 15 is 0 Å². The Bertz CT molecular complexity index is 886. The first-order valence-corrected chi connectivity index (χ1v) is 6.91. The summed E-state index contributed by atoms with van der Waals surface area (Å²) < 4.78 is 2.47. The highest BCUT2D eigenvalue weighted by molar-refractivity contribution is 7.71. The lowest BCUT2D eigenvalue weighted by atomic mass is 10.1. The van der Waals surface area contributed by atoms with Gasteiger partial charge in [-0.2, -0.15) is 0 Å². The quantitative estimate of drug-likeness (QED) is 0.576. The SMILES string of the molecule is [C-]#[N+]c1c(-c2ccccc2)n(CCN)c2c(=S)nc[nH]c12. The third-order valence-electron chi connectivity index (χ3n) is 3.34. The standard InChI is InChI=1S/C15H13N5S/c1-17-11-12-14(15(21)19-9-18-12)20(8-7-16)13(11)10-5-3-2-4-6-10/h2-6,9H,7-8,16H2,(H,18,19,21). The number of aromatic amines is 1. The van der Waals surface area contributed by atoms with Crippen molar-refractivity contribution in [1.82, 2.24) is 14.5 Å². The molecular weight excluding hydrogens is 282 g/mol. The molecule has 0 spiro atoms. The van der Waals surface area contributed by atoms with Gasteiger partial charge in [-0.1, -0.05) is 42.5 Å². The van der Waals surface area contributed by atoms with Crippen molar-refractivity contribution in [3.63, 3.8) is 0 Å². The number of nitrogens with two attached hydrogens (primary N) is 1. The maximum absolute atomic E-state index is 7.54. The number of nitrogens with one attached hydrogen (secondary N) is 1. The summed E-state index contributed by atoms with van der Waals surface area (Å²) in [5.74, 6) is 0. The van der Waals surface area contributed by atoms with Gasteiger partial charge in [0.05, 0.1) is 29.6 Å². The van der Waals surface area contributed by atoms with Crippen LogP contribution in [0.15, 0.2) is 36.7 Å². The van der Waals surface area contributed by atoms with Gasteiger partial charge in [0.1, 0.15) is 0 Å². The molecule has 0 amide bonds. The number of nitrogens with zero attached hydrogens (tertiary/aromatic N) is 3. The highest BCUT2D eigenvalue weighted by atomic mass is 32.1. The van der Waals surface area contributed by atoms with Crippen LogP contribution >= 0.6 is 12.2 Å². The molecule has 0 aliphatic carbocycles. The largest absolute Gasteiger partial charge is 0.354 e. The Morgan fingerprint density at radius 2 is 2.10 bits per heavy atom. The fraction of sp³-hybridized carbons (Fsp3) is 0.133. The molecule has 0 saturated carbocycles. The minimum absolute atomic E-state index is 0.463. The zero-order valence-corrected chi connectivity index (χ0v) is 12.0. The van der Waals surface area contributed by atoms with Crippen LogP contribution in [-0.4, -0.2) is 21.1 Å². The van der Waals surface area contributed by atoms with Crippen molar-refractivity contribution in [2.75, 3.05) is 6.54 Å². The molecule has 3 aromatic rings. The van der Waals surface area contributed by atoms with Crippen LogP contribution in [0.2, 0.25) is 0 Å². The molecule has 1 aromatic carbocycles. The van der Waals surface area contributed by atoms with Gasteiger partial charge in [0.2, 0.25) is 5.69 Å². The Hall–Kier alpha value is -2.49. The molecule has 3 N–H and O–H groups in total. The van der Waals surface area contributed by atoms with Crippen LogP contribution in [0.3, 0.4) is 0 Å². The van der Waals surface area contributed by atoms with Crippen molar-refractivity contribution >= 4 is 28.9 Å². The first kappa shape index (κ1) is 13.5. The summed E-state index contributed by atoms with van der Waals surface area (Å²) in [6, 6.07) is 9.80. The lowest BCUT2D eigenvalue weighted by Gasteiger charge is -2.10. The second-order valence-corrected chi connectivity index (χ2v) is 4.93. The van der Waals surface area contributed by atoms with Crippen molar-refractivity contribution in [2.24, 2.45) is 5.73 Å². The summed E-state index contributed by atoms with van der Waals surface area (Å²) >= 11 is 5.33. The normalized spacial score (nSPS) is 10.7. The fourth-order valence-corrected chi connectivity index (χ4v) is 2.80. The highest BCUT2D eigenvalue weighted by Crippen LogP contribution is 2.39. The van der Waals surface area contributed by atoms with E-state index in [2.05, 4.69) is 14.8 Å². The topological polar surface area (TPSA) is 64.0 Å². The number of hydrogen-bond donors (Lipinski definition) is 2. The molecule has 0 aliphatic heterocycles. The zero-order chi connectivity index (χ0) is 14.8. The highest BCUT2D eigenvalue weighted by Gasteiger charge is 2.19. The van der Waals surface area contributed by atoms with E-state index in [1.807, 2.05) is 34.9 Å². The summed E-state index contributed by atoms with van der Waals surface area (Å²) in [6.07, 6.45) is 1.53. The van der Waals surface area contributed by atoms with Gasteiger partial charge in [0, 0.05) is 13.1 Å². The van der Waals surface area contributed by atoms with Crippen LogP contribution in [-0.2, 0) is 6.54 Å². The second kappa shape index (κ2) is 5.48. The van der Waals surface area contributed by atoms with Crippen LogP contribution in [0.4, 0.5) is 5.69 Å². The van der Waals surface area contributed by atoms with E-state index in [-0.39, 0.29) is 0 Å². The van der Waals surface area contributed by atoms with E-state index in [1.54, 1.807) is 0 Å². The van der Waals surface area contributed by atoms with Crippen LogP contribution in [0.1, 0.15) is 0 Å². The minimum Gasteiger partial charge on any atom is -0.354 e. The van der Waals surface area contributed by atoms with Gasteiger partial charge in [-0.15, -0.1) is 0 Å². The first-order chi connectivity index (χ1) is 10.3. The maximum atomic E-state index is 7.54. The number of benzene rings is 1. The van der Waals surface area contributed by atoms with Crippen molar-refractivity contribution in [3.8, 4) is 11.3 Å². The van der Waals surface area contributed by atoms with E-state index in [0.29, 0.717) is 23.4 Å². The van der Waals surface area contributed by atoms with Crippen LogP contribution < -0.4 is 5.73 Å². The molecule has 2 heterocycles. The summed E-state index contributed by atoms with van der Waals surface area (Å²) in [7, 11) is 0. The molecule has 0 radical (unpaired) electrons. The molecule has 6 heteroatoms. The second-order valence-electron chi connectivity index (χ2n) is 4.55. The Labute approximate surface area is 126 Å². The fourth-order valence-electron chi connectivity index (χ4n) is 2.53. The third kappa shape index (κ3) is 2.13. The Kier molecular flexibility index (Phi) is 3.52. The van der Waals surface area contributed by atoms with Gasteiger partial charge in [-0.25, -0.2) is 9.83 Å². The van der Waals surface area contributed by atoms with Crippen molar-refractivity contribution in [3.05, 3.63) is 52.7 Å². The van der Waals surface area contributed by atoms with Gasteiger partial charge in [-0.3, -0.25) is 0 Å². The summed E-state index contributed by atoms with van der Waals surface area (Å²) in [5, 5.41) is 0. The molecule has 0 fully saturated rings. The summed E-state index contributed by atoms with van der Waals surface area (Å²) in [5.41, 5.74) is 9.58. The van der Waals surface area contributed by atoms with Crippen LogP contribution in [0, 0.1) is 11.2 Å². The van der Waals surface area contributed by atoms with Crippen LogP contribution in [0.5, 0.6) is 0 Å². The van der Waals surface area contributed by atoms with E-state index in [4.69, 9.17) is 24.5 Å². The number of aromatic nitrogens is 3. The molecule has 2 aromatic heterocycles. The predicted octanol–water partition coefficient (Wildman–Crippen LogP) is 3.27. The molecule has 5 nitrogen and oxygen atoms in total. The third-order valence-corrected chi connectivity index (χ3v) is 3.64. The number of rotatable bonds is 3. The van der Waals surface area contributed by atoms with E-state index in [0.717, 1.165) is 22.3 Å². The van der Waals surface area contributed by atoms with Crippen LogP contribution in [0.25, 0.3) is 27.1 Å². The maximum Gasteiger partial charge on any atom is 0.235 e. The van der Waals surface area contributed by atoms with Gasteiger partial charge in [0.15, 0.2) is 4.64 Å². The van der Waals surface area contributed by atoms with Crippen molar-refractivity contribution < 1.29 is 0 Å². The lowest BCUT2D eigenvalue weighted by molar-refractivity contribution is 0.740. The van der Waals surface area contributed by atoms with Gasteiger partial charge in [0.25, 0.3) is 0 Å². The molecule has 21 heavy (non-hydrogen) atoms. The van der Waals surface area contributed by atoms with E-state index in [9.17, 15) is 0 Å². The van der Waals surface area contributed by atoms with Gasteiger partial charge >= 0.3 is 0 Å². The molecular formula is C15H13N5S. The molecule has 104 valence electrons. The Morgan fingerprint density at radius 1 is 1.33 bits per heavy atom. The Morgan fingerprint density at radius 3 is 2.76 bits per heavy atom. The van der Waals surface area contributed by atoms with Gasteiger partial charge in [-0.05, 0) is 5.56 Å². The molecule has 3 rings (SSSR count). The number of H-pyrrole nitrogens is 1. The zero-order valence-electron chi connectivity index (χ0n) is 11.2. The first-order valence-electron chi connectivity index (χ1n) is 6.50. The molecule has 0 aliphatic rings. The summed E-state index contributed by atoms with van der Waals surface area (Å²) in [4.78, 5) is 10.9. The average molecular weight is 295 g/mol. The van der Waals surface area contributed by atoms with Crippen molar-refractivity contribution in [2.45, 2.75) is 6.54 Å². The Balaban J connectivity index is 2.48. The minimum atomic E-state index is 0.463. The average Bonchev–Trinajstić information content (AvgIpc) is 2.83. The van der Waals surface area contributed by atoms with E-state index < -0.39 is 0 Å². The number of hydrogen-bond acceptors (Lipinski definition) is 3. The molecule has 0 saturated heterocycles. The monoisotopic (exact) mass is 295 g/mol. The van der Waals surface area contributed by atoms with E-state index in [1.165, 1.54) is 6.33 Å². The lowest BCUT2D eigenvalue weighted by Crippen LogP contribution is -2.11. The predicted molar refractivity (Wildman–Crippen MR) is 85.7 cm³/mol. The van der Waals surface area contributed by atoms with Gasteiger partial charge < -0.3 is 15.3 Å². The van der Waals surface area contributed by atoms with Crippen molar-refractivity contribution in [1.29, 1.82) is 0 Å². The molecule has 0 unspecified atom stereocenters. The molecule has 0 bridgehead atoms. The summed E-state index contributed by atoms with van der Waals surface area (Å²) in [6.45, 7) is 8.58. The smallest absolute Gasteiger partial charge is 0.235 e. The molecule has 0 atom stereocenters. The number of fused-ring (bicyclic) bond motifs is 1.